The van der Waals surface area contributed by atoms with Crippen molar-refractivity contribution < 1.29 is 33.6 Å². The molecule has 3 saturated heterocycles. The summed E-state index contributed by atoms with van der Waals surface area (Å²) in [5, 5.41) is 18.7. The Hall–Kier alpha value is -0.360. The summed E-state index contributed by atoms with van der Waals surface area (Å²) in [7, 11) is 1.66. The van der Waals surface area contributed by atoms with Crippen molar-refractivity contribution in [1.82, 2.24) is 10.4 Å². The van der Waals surface area contributed by atoms with E-state index in [0.717, 1.165) is 45.1 Å². The molecule has 0 atom stereocenters. The number of methoxy groups -OCH3 is 1. The molecule has 0 aliphatic carbocycles. The number of hydrogen-bond donors (Lipinski definition) is 1. The van der Waals surface area contributed by atoms with Crippen molar-refractivity contribution in [3.8, 4) is 0 Å². The quantitative estimate of drug-likeness (QED) is 0.423. The molecule has 3 rings (SSSR count). The van der Waals surface area contributed by atoms with E-state index in [9.17, 15) is 5.21 Å². The van der Waals surface area contributed by atoms with Crippen molar-refractivity contribution in [3.05, 3.63) is 0 Å². The smallest absolute Gasteiger partial charge is 0.0701 e. The Bertz CT molecular complexity index is 456. The molecular formula is C22H41N2O7. The topological polar surface area (TPSA) is 90.6 Å². The lowest BCUT2D eigenvalue weighted by molar-refractivity contribution is -0.330. The molecule has 3 heterocycles. The van der Waals surface area contributed by atoms with Crippen LogP contribution in [0.1, 0.15) is 38.5 Å². The fraction of sp³-hybridized carbons (Fsp3) is 1.00. The second-order valence-electron chi connectivity index (χ2n) is 8.86. The number of nitrogens with one attached hydrogen (secondary N) is 1. The lowest BCUT2D eigenvalue weighted by Crippen LogP contribution is -2.68. The summed E-state index contributed by atoms with van der Waals surface area (Å²) >= 11 is 0. The number of hydrogen-bond acceptors (Lipinski definition) is 8. The number of piperidine rings is 1. The number of hydroxylamine groups is 2. The standard InChI is InChI=1S/C22H41N2O7/c1-26-12-13-30-16-17-31-15-14-29-11-6-23-20-18-21(2-7-27-8-3-21)24(25)22(19-20)4-9-28-10-5-22/h20,23H,2-19H2,1H3. The molecule has 181 valence electrons. The molecule has 0 unspecified atom stereocenters. The van der Waals surface area contributed by atoms with E-state index >= 15 is 0 Å². The SMILES string of the molecule is COCCOCCOCCOCCNC1CC2(CCOCC2)N([O])C2(CCOCC2)C1. The minimum absolute atomic E-state index is 0.300. The Morgan fingerprint density at radius 1 is 0.774 bits per heavy atom. The van der Waals surface area contributed by atoms with E-state index in [4.69, 9.17) is 28.4 Å². The predicted octanol–water partition coefficient (Wildman–Crippen LogP) is 1.18. The Balaban J connectivity index is 1.34. The molecule has 3 aliphatic rings. The van der Waals surface area contributed by atoms with Crippen molar-refractivity contribution in [2.24, 2.45) is 0 Å². The zero-order valence-corrected chi connectivity index (χ0v) is 19.1. The third kappa shape index (κ3) is 7.31. The molecule has 2 spiro atoms. The van der Waals surface area contributed by atoms with Crippen LogP contribution in [0.5, 0.6) is 0 Å². The van der Waals surface area contributed by atoms with Crippen molar-refractivity contribution in [1.29, 1.82) is 0 Å². The van der Waals surface area contributed by atoms with Gasteiger partial charge in [0.25, 0.3) is 0 Å². The summed E-state index contributed by atoms with van der Waals surface area (Å²) < 4.78 is 32.6. The molecule has 0 bridgehead atoms. The highest BCUT2D eigenvalue weighted by molar-refractivity contribution is 5.07. The molecule has 0 aromatic rings. The van der Waals surface area contributed by atoms with Crippen LogP contribution < -0.4 is 5.32 Å². The van der Waals surface area contributed by atoms with Gasteiger partial charge in [0, 0.05) is 46.1 Å². The van der Waals surface area contributed by atoms with Gasteiger partial charge in [0.15, 0.2) is 0 Å². The molecule has 0 aromatic carbocycles. The maximum atomic E-state index is 13.5. The first-order valence-corrected chi connectivity index (χ1v) is 11.8. The molecule has 3 fully saturated rings. The zero-order chi connectivity index (χ0) is 21.8. The van der Waals surface area contributed by atoms with Gasteiger partial charge in [-0.05, 0) is 38.5 Å². The van der Waals surface area contributed by atoms with Gasteiger partial charge in [0.1, 0.15) is 0 Å². The first-order valence-electron chi connectivity index (χ1n) is 11.8. The minimum Gasteiger partial charge on any atom is -0.382 e. The van der Waals surface area contributed by atoms with Gasteiger partial charge in [-0.1, -0.05) is 0 Å². The van der Waals surface area contributed by atoms with Crippen LogP contribution in [0.15, 0.2) is 0 Å². The van der Waals surface area contributed by atoms with E-state index in [1.807, 2.05) is 0 Å². The molecule has 0 aromatic heterocycles. The average Bonchev–Trinajstić information content (AvgIpc) is 2.79. The van der Waals surface area contributed by atoms with Crippen molar-refractivity contribution >= 4 is 0 Å². The van der Waals surface area contributed by atoms with Gasteiger partial charge in [-0.15, -0.1) is 10.3 Å². The van der Waals surface area contributed by atoms with Crippen LogP contribution in [-0.4, -0.2) is 109 Å². The third-order valence-corrected chi connectivity index (χ3v) is 6.82. The van der Waals surface area contributed by atoms with Gasteiger partial charge in [-0.3, -0.25) is 0 Å². The summed E-state index contributed by atoms with van der Waals surface area (Å²) in [4.78, 5) is 0. The first-order chi connectivity index (χ1) is 15.2. The van der Waals surface area contributed by atoms with Gasteiger partial charge >= 0.3 is 0 Å². The maximum absolute atomic E-state index is 13.5. The summed E-state index contributed by atoms with van der Waals surface area (Å²) in [6, 6.07) is 0.325. The second-order valence-corrected chi connectivity index (χ2v) is 8.86. The number of nitrogens with zero attached hydrogens (tertiary/aromatic N) is 1. The Morgan fingerprint density at radius 3 is 1.71 bits per heavy atom. The van der Waals surface area contributed by atoms with Crippen molar-refractivity contribution in [3.63, 3.8) is 0 Å². The largest absolute Gasteiger partial charge is 0.382 e. The lowest BCUT2D eigenvalue weighted by Gasteiger charge is -2.57. The molecular weight excluding hydrogens is 404 g/mol. The van der Waals surface area contributed by atoms with Crippen LogP contribution in [-0.2, 0) is 33.6 Å². The number of ether oxygens (including phenoxy) is 6. The van der Waals surface area contributed by atoms with E-state index in [1.54, 1.807) is 7.11 Å². The molecule has 3 aliphatic heterocycles. The van der Waals surface area contributed by atoms with E-state index in [0.29, 0.717) is 78.7 Å². The maximum Gasteiger partial charge on any atom is 0.0701 e. The van der Waals surface area contributed by atoms with Gasteiger partial charge in [-0.25, -0.2) is 0 Å². The van der Waals surface area contributed by atoms with Gasteiger partial charge in [-0.2, -0.15) is 0 Å². The summed E-state index contributed by atoms with van der Waals surface area (Å²) in [5.74, 6) is 0. The Kier molecular flexibility index (Phi) is 10.9. The van der Waals surface area contributed by atoms with Crippen LogP contribution in [0.3, 0.4) is 0 Å². The molecule has 9 heteroatoms. The van der Waals surface area contributed by atoms with Gasteiger partial charge in [0.05, 0.1) is 57.3 Å². The van der Waals surface area contributed by atoms with E-state index in [-0.39, 0.29) is 11.1 Å². The molecule has 9 nitrogen and oxygen atoms in total. The first kappa shape index (κ1) is 25.3. The average molecular weight is 446 g/mol. The van der Waals surface area contributed by atoms with Crippen LogP contribution in [0.2, 0.25) is 0 Å². The van der Waals surface area contributed by atoms with Crippen LogP contribution in [0.25, 0.3) is 0 Å². The molecule has 1 radical (unpaired) electrons. The van der Waals surface area contributed by atoms with Crippen molar-refractivity contribution in [2.45, 2.75) is 55.6 Å². The van der Waals surface area contributed by atoms with E-state index < -0.39 is 0 Å². The molecule has 31 heavy (non-hydrogen) atoms. The fourth-order valence-electron chi connectivity index (χ4n) is 5.14. The number of rotatable bonds is 13. The van der Waals surface area contributed by atoms with Gasteiger partial charge < -0.3 is 33.7 Å². The Morgan fingerprint density at radius 2 is 1.23 bits per heavy atom. The summed E-state index contributed by atoms with van der Waals surface area (Å²) in [6.07, 6.45) is 5.05. The molecule has 0 amide bonds. The molecule has 1 N–H and O–H groups in total. The Labute approximate surface area is 186 Å². The van der Waals surface area contributed by atoms with Crippen LogP contribution in [0.4, 0.5) is 0 Å². The summed E-state index contributed by atoms with van der Waals surface area (Å²) in [5.41, 5.74) is -0.600. The highest BCUT2D eigenvalue weighted by Gasteiger charge is 2.55. The van der Waals surface area contributed by atoms with Gasteiger partial charge in [0.2, 0.25) is 0 Å². The van der Waals surface area contributed by atoms with E-state index in [1.165, 1.54) is 5.06 Å². The summed E-state index contributed by atoms with van der Waals surface area (Å²) in [6.45, 7) is 7.60. The highest BCUT2D eigenvalue weighted by atomic mass is 16.6. The highest BCUT2D eigenvalue weighted by Crippen LogP contribution is 2.47. The van der Waals surface area contributed by atoms with Crippen LogP contribution >= 0.6 is 0 Å². The monoisotopic (exact) mass is 445 g/mol. The van der Waals surface area contributed by atoms with Crippen LogP contribution in [0, 0.1) is 0 Å². The third-order valence-electron chi connectivity index (χ3n) is 6.82. The van der Waals surface area contributed by atoms with E-state index in [2.05, 4.69) is 5.32 Å². The van der Waals surface area contributed by atoms with Crippen molar-refractivity contribution in [2.75, 3.05) is 86.3 Å². The predicted molar refractivity (Wildman–Crippen MR) is 113 cm³/mol. The minimum atomic E-state index is -0.300. The molecule has 0 saturated carbocycles. The zero-order valence-electron chi connectivity index (χ0n) is 19.1. The fourth-order valence-corrected chi connectivity index (χ4v) is 5.14. The second kappa shape index (κ2) is 13.4. The normalized spacial score (nSPS) is 25.9. The lowest BCUT2D eigenvalue weighted by atomic mass is 9.69.